The molecule has 0 aliphatic heterocycles. The molecule has 1 aromatic heterocycles. The van der Waals surface area contributed by atoms with E-state index in [1.807, 2.05) is 6.07 Å². The second-order valence-electron chi connectivity index (χ2n) is 7.40. The predicted molar refractivity (Wildman–Crippen MR) is 104 cm³/mol. The molecule has 1 aliphatic carbocycles. The first-order chi connectivity index (χ1) is 12.7. The molecule has 1 aliphatic rings. The number of rotatable bonds is 5. The molecular formula is C19H26N4O3S. The number of carbonyl (C=O) groups is 1. The number of primary sulfonamides is 1. The molecule has 1 saturated carbocycles. The first-order valence-electron chi connectivity index (χ1n) is 9.23. The van der Waals surface area contributed by atoms with Crippen molar-refractivity contribution in [1.82, 2.24) is 10.2 Å². The van der Waals surface area contributed by atoms with Gasteiger partial charge in [-0.25, -0.2) is 13.6 Å². The van der Waals surface area contributed by atoms with Crippen LogP contribution >= 0.6 is 0 Å². The molecule has 0 unspecified atom stereocenters. The molecule has 8 heteroatoms. The Morgan fingerprint density at radius 1 is 1.22 bits per heavy atom. The van der Waals surface area contributed by atoms with E-state index in [0.29, 0.717) is 22.9 Å². The van der Waals surface area contributed by atoms with Crippen LogP contribution in [-0.2, 0) is 16.4 Å². The summed E-state index contributed by atoms with van der Waals surface area (Å²) < 4.78 is 23.3. The smallest absolute Gasteiger partial charge is 0.257 e. The molecule has 27 heavy (non-hydrogen) atoms. The zero-order chi connectivity index (χ0) is 19.6. The number of hydrogen-bond acceptors (Lipinski definition) is 4. The first kappa shape index (κ1) is 19.6. The maximum atomic E-state index is 12.7. The summed E-state index contributed by atoms with van der Waals surface area (Å²) in [6.07, 6.45) is 7.28. The number of aromatic nitrogens is 2. The summed E-state index contributed by atoms with van der Waals surface area (Å²) in [7, 11) is -3.89. The van der Waals surface area contributed by atoms with E-state index < -0.39 is 15.9 Å². The van der Waals surface area contributed by atoms with Crippen LogP contribution in [0.3, 0.4) is 0 Å². The van der Waals surface area contributed by atoms with Gasteiger partial charge >= 0.3 is 0 Å². The van der Waals surface area contributed by atoms with Gasteiger partial charge in [0.05, 0.1) is 4.90 Å². The summed E-state index contributed by atoms with van der Waals surface area (Å²) in [5, 5.41) is 15.1. The van der Waals surface area contributed by atoms with Crippen molar-refractivity contribution in [3.05, 3.63) is 40.6 Å². The highest BCUT2D eigenvalue weighted by molar-refractivity contribution is 7.89. The van der Waals surface area contributed by atoms with Gasteiger partial charge in [-0.1, -0.05) is 32.1 Å². The Hall–Kier alpha value is -2.19. The van der Waals surface area contributed by atoms with Crippen LogP contribution in [-0.4, -0.2) is 24.5 Å². The number of aryl methyl sites for hydroxylation is 1. The highest BCUT2D eigenvalue weighted by Crippen LogP contribution is 2.27. The van der Waals surface area contributed by atoms with Gasteiger partial charge in [-0.05, 0) is 49.4 Å². The highest BCUT2D eigenvalue weighted by atomic mass is 32.2. The van der Waals surface area contributed by atoms with Crippen molar-refractivity contribution in [1.29, 1.82) is 0 Å². The normalized spacial score (nSPS) is 15.7. The number of H-pyrrole nitrogens is 1. The minimum absolute atomic E-state index is 0.0734. The van der Waals surface area contributed by atoms with Gasteiger partial charge in [-0.15, -0.1) is 0 Å². The van der Waals surface area contributed by atoms with Crippen LogP contribution in [0.15, 0.2) is 23.1 Å². The Kier molecular flexibility index (Phi) is 5.67. The van der Waals surface area contributed by atoms with Gasteiger partial charge in [0.15, 0.2) is 5.82 Å². The maximum absolute atomic E-state index is 12.7. The average Bonchev–Trinajstić information content (AvgIpc) is 3.03. The van der Waals surface area contributed by atoms with Crippen LogP contribution in [0.2, 0.25) is 0 Å². The number of sulfonamides is 1. The minimum atomic E-state index is -3.89. The molecule has 0 saturated heterocycles. The van der Waals surface area contributed by atoms with Gasteiger partial charge in [-0.2, -0.15) is 5.10 Å². The number of nitrogens with one attached hydrogen (secondary N) is 2. The van der Waals surface area contributed by atoms with Gasteiger partial charge in [0.25, 0.3) is 5.91 Å². The fourth-order valence-corrected chi connectivity index (χ4v) is 4.27. The monoisotopic (exact) mass is 390 g/mol. The molecule has 3 rings (SSSR count). The van der Waals surface area contributed by atoms with Crippen molar-refractivity contribution in [2.24, 2.45) is 11.1 Å². The third-order valence-corrected chi connectivity index (χ3v) is 6.21. The zero-order valence-corrected chi connectivity index (χ0v) is 16.5. The van der Waals surface area contributed by atoms with E-state index in [0.717, 1.165) is 12.1 Å². The molecule has 1 heterocycles. The standard InChI is InChI=1S/C19H26N4O3S/c1-12-8-16(27(20,25)26)11-17(13(12)2)19(24)21-18-10-15(22-23-18)9-14-6-4-3-5-7-14/h8,10-11,14H,3-7,9H2,1-2H3,(H2,20,25,26)(H2,21,22,23,24). The van der Waals surface area contributed by atoms with E-state index in [2.05, 4.69) is 15.5 Å². The summed E-state index contributed by atoms with van der Waals surface area (Å²) in [6.45, 7) is 3.52. The van der Waals surface area contributed by atoms with E-state index >= 15 is 0 Å². The van der Waals surface area contributed by atoms with Crippen molar-refractivity contribution in [3.8, 4) is 0 Å². The maximum Gasteiger partial charge on any atom is 0.257 e. The number of nitrogens with zero attached hydrogens (tertiary/aromatic N) is 1. The SMILES string of the molecule is Cc1cc(S(N)(=O)=O)cc(C(=O)Nc2cc(CC3CCCCC3)[nH]n2)c1C. The molecule has 4 N–H and O–H groups in total. The quantitative estimate of drug-likeness (QED) is 0.727. The van der Waals surface area contributed by atoms with E-state index in [4.69, 9.17) is 5.14 Å². The van der Waals surface area contributed by atoms with Gasteiger partial charge in [-0.3, -0.25) is 9.89 Å². The van der Waals surface area contributed by atoms with Crippen molar-refractivity contribution in [2.75, 3.05) is 5.32 Å². The van der Waals surface area contributed by atoms with Gasteiger partial charge < -0.3 is 5.32 Å². The van der Waals surface area contributed by atoms with Crippen molar-refractivity contribution >= 4 is 21.7 Å². The molecule has 2 aromatic rings. The molecule has 1 aromatic carbocycles. The second-order valence-corrected chi connectivity index (χ2v) is 8.96. The van der Waals surface area contributed by atoms with Crippen molar-refractivity contribution in [3.63, 3.8) is 0 Å². The van der Waals surface area contributed by atoms with Crippen LogP contribution in [0.4, 0.5) is 5.82 Å². The van der Waals surface area contributed by atoms with Crippen LogP contribution in [0.5, 0.6) is 0 Å². The molecular weight excluding hydrogens is 364 g/mol. The lowest BCUT2D eigenvalue weighted by Crippen LogP contribution is -2.18. The Morgan fingerprint density at radius 2 is 1.93 bits per heavy atom. The summed E-state index contributed by atoms with van der Waals surface area (Å²) in [6, 6.07) is 4.62. The number of nitrogens with two attached hydrogens (primary N) is 1. The zero-order valence-electron chi connectivity index (χ0n) is 15.7. The molecule has 0 spiro atoms. The molecule has 7 nitrogen and oxygen atoms in total. The third-order valence-electron chi connectivity index (χ3n) is 5.32. The molecule has 146 valence electrons. The van der Waals surface area contributed by atoms with E-state index in [-0.39, 0.29) is 10.5 Å². The number of amides is 1. The summed E-state index contributed by atoms with van der Waals surface area (Å²) in [4.78, 5) is 12.6. The van der Waals surface area contributed by atoms with Crippen LogP contribution < -0.4 is 10.5 Å². The fourth-order valence-electron chi connectivity index (χ4n) is 3.64. The van der Waals surface area contributed by atoms with E-state index in [1.165, 1.54) is 44.2 Å². The lowest BCUT2D eigenvalue weighted by molar-refractivity contribution is 0.102. The number of benzene rings is 1. The van der Waals surface area contributed by atoms with Crippen LogP contribution in [0, 0.1) is 19.8 Å². The van der Waals surface area contributed by atoms with Gasteiger partial charge in [0.1, 0.15) is 0 Å². The minimum Gasteiger partial charge on any atom is -0.305 e. The number of anilines is 1. The second kappa shape index (κ2) is 7.82. The Labute approximate surface area is 159 Å². The number of aromatic amines is 1. The number of hydrogen-bond donors (Lipinski definition) is 3. The highest BCUT2D eigenvalue weighted by Gasteiger charge is 2.19. The van der Waals surface area contributed by atoms with Crippen molar-refractivity contribution < 1.29 is 13.2 Å². The summed E-state index contributed by atoms with van der Waals surface area (Å²) in [5.74, 6) is 0.694. The molecule has 1 fully saturated rings. The van der Waals surface area contributed by atoms with Crippen molar-refractivity contribution in [2.45, 2.75) is 57.3 Å². The molecule has 0 radical (unpaired) electrons. The summed E-state index contributed by atoms with van der Waals surface area (Å²) in [5.41, 5.74) is 2.67. The Bertz CT molecular complexity index is 944. The van der Waals surface area contributed by atoms with E-state index in [1.54, 1.807) is 13.8 Å². The van der Waals surface area contributed by atoms with E-state index in [9.17, 15) is 13.2 Å². The molecule has 0 atom stereocenters. The first-order valence-corrected chi connectivity index (χ1v) is 10.8. The molecule has 1 amide bonds. The fraction of sp³-hybridized carbons (Fsp3) is 0.474. The van der Waals surface area contributed by atoms with Gasteiger partial charge in [0.2, 0.25) is 10.0 Å². The van der Waals surface area contributed by atoms with Crippen LogP contribution in [0.1, 0.15) is 59.3 Å². The van der Waals surface area contributed by atoms with Crippen LogP contribution in [0.25, 0.3) is 0 Å². The molecule has 0 bridgehead atoms. The van der Waals surface area contributed by atoms with Gasteiger partial charge in [0, 0.05) is 17.3 Å². The lowest BCUT2D eigenvalue weighted by atomic mass is 9.86. The third kappa shape index (κ3) is 4.75. The average molecular weight is 391 g/mol. The Balaban J connectivity index is 1.75. The lowest BCUT2D eigenvalue weighted by Gasteiger charge is -2.20. The predicted octanol–water partition coefficient (Wildman–Crippen LogP) is 3.05. The largest absolute Gasteiger partial charge is 0.305 e. The topological polar surface area (TPSA) is 118 Å². The number of carbonyl (C=O) groups excluding carboxylic acids is 1. The Morgan fingerprint density at radius 3 is 2.59 bits per heavy atom. The summed E-state index contributed by atoms with van der Waals surface area (Å²) >= 11 is 0.